The van der Waals surface area contributed by atoms with Gasteiger partial charge in [0.05, 0.1) is 32.4 Å². The first-order valence-electron chi connectivity index (χ1n) is 12.0. The molecule has 2 heterocycles. The van der Waals surface area contributed by atoms with Crippen LogP contribution in [0.1, 0.15) is 29.1 Å². The highest BCUT2D eigenvalue weighted by atomic mass is 35.5. The lowest BCUT2D eigenvalue weighted by Gasteiger charge is -2.27. The molecule has 3 aromatic carbocycles. The Bertz CT molecular complexity index is 1700. The zero-order chi connectivity index (χ0) is 28.7. The Hall–Kier alpha value is -4.57. The van der Waals surface area contributed by atoms with Crippen LogP contribution in [0.15, 0.2) is 70.3 Å². The molecule has 5 rings (SSSR count). The Morgan fingerprint density at radius 1 is 1.00 bits per heavy atom. The molecular weight excluding hydrogens is 548 g/mol. The average molecular weight is 570 g/mol. The number of rotatable bonds is 8. The molecule has 0 fully saturated rings. The summed E-state index contributed by atoms with van der Waals surface area (Å²) in [5.41, 5.74) is 0.129. The van der Waals surface area contributed by atoms with Crippen LogP contribution in [0, 0.1) is 11.6 Å². The van der Waals surface area contributed by atoms with E-state index in [2.05, 4.69) is 0 Å². The van der Waals surface area contributed by atoms with Crippen molar-refractivity contribution < 1.29 is 42.1 Å². The molecule has 11 heteroatoms. The van der Waals surface area contributed by atoms with E-state index in [0.29, 0.717) is 27.5 Å². The van der Waals surface area contributed by atoms with Gasteiger partial charge in [0.2, 0.25) is 5.78 Å². The van der Waals surface area contributed by atoms with Gasteiger partial charge in [0.25, 0.3) is 5.91 Å². The number of halogens is 3. The predicted molar refractivity (Wildman–Crippen MR) is 143 cm³/mol. The van der Waals surface area contributed by atoms with Crippen LogP contribution in [-0.2, 0) is 4.79 Å². The van der Waals surface area contributed by atoms with Crippen molar-refractivity contribution in [2.24, 2.45) is 0 Å². The highest BCUT2D eigenvalue weighted by Gasteiger charge is 2.46. The quantitative estimate of drug-likeness (QED) is 0.240. The van der Waals surface area contributed by atoms with Crippen molar-refractivity contribution in [3.05, 3.63) is 93.9 Å². The van der Waals surface area contributed by atoms with Gasteiger partial charge in [-0.2, -0.15) is 0 Å². The van der Waals surface area contributed by atoms with E-state index in [1.165, 1.54) is 32.4 Å². The van der Waals surface area contributed by atoms with Crippen LogP contribution < -0.4 is 19.1 Å². The topological polar surface area (TPSA) is 98.4 Å². The number of ether oxygens (including phenoxy) is 3. The number of benzene rings is 3. The summed E-state index contributed by atoms with van der Waals surface area (Å²) in [6, 6.07) is 10.7. The van der Waals surface area contributed by atoms with Gasteiger partial charge in [-0.05, 0) is 48.9 Å². The number of ketones is 1. The Morgan fingerprint density at radius 2 is 1.75 bits per heavy atom. The number of Topliss-reactive ketones (excluding diaryl/α,β-unsaturated/α-hetero) is 1. The number of carbonyl (C=O) groups excluding carboxylic acids is 2. The number of aliphatic hydroxyl groups excluding tert-OH is 1. The average Bonchev–Trinajstić information content (AvgIpc) is 3.48. The molecule has 8 nitrogen and oxygen atoms in total. The molecule has 1 aliphatic rings. The number of carbonyl (C=O) groups is 2. The maximum atomic E-state index is 14.3. The van der Waals surface area contributed by atoms with Crippen molar-refractivity contribution >= 4 is 39.9 Å². The van der Waals surface area contributed by atoms with Gasteiger partial charge in [-0.3, -0.25) is 14.5 Å². The van der Waals surface area contributed by atoms with E-state index in [1.807, 2.05) is 0 Å². The molecule has 206 valence electrons. The number of hydrogen-bond acceptors (Lipinski definition) is 7. The van der Waals surface area contributed by atoms with E-state index in [4.69, 9.17) is 30.2 Å². The molecule has 1 amide bonds. The van der Waals surface area contributed by atoms with Gasteiger partial charge in [0.1, 0.15) is 0 Å². The number of amides is 1. The number of methoxy groups -OCH3 is 2. The Labute approximate surface area is 231 Å². The third-order valence-electron chi connectivity index (χ3n) is 6.43. The van der Waals surface area contributed by atoms with E-state index in [0.717, 1.165) is 17.0 Å². The molecule has 4 aromatic rings. The predicted octanol–water partition coefficient (Wildman–Crippen LogP) is 6.56. The standard InChI is InChI=1S/C29H22ClF2NO7/c1-4-39-21-10-14(5-8-20(21)37-2)25-24(27(35)29(36)33(25)17-6-7-18(31)19(32)13-17)26(34)22-11-15-9-16(30)12-23(38-3)28(15)40-22/h5-13,25,35H,4H2,1-3H3. The van der Waals surface area contributed by atoms with Gasteiger partial charge in [-0.25, -0.2) is 8.78 Å². The molecule has 0 aliphatic carbocycles. The first-order chi connectivity index (χ1) is 19.2. The van der Waals surface area contributed by atoms with Crippen LogP contribution in [-0.4, -0.2) is 37.6 Å². The fourth-order valence-electron chi connectivity index (χ4n) is 4.67. The molecule has 0 saturated heterocycles. The smallest absolute Gasteiger partial charge is 0.294 e. The first kappa shape index (κ1) is 27.0. The highest BCUT2D eigenvalue weighted by Crippen LogP contribution is 2.45. The summed E-state index contributed by atoms with van der Waals surface area (Å²) in [5.74, 6) is -4.27. The summed E-state index contributed by atoms with van der Waals surface area (Å²) < 4.78 is 50.1. The number of nitrogens with zero attached hydrogens (tertiary/aromatic N) is 1. The number of anilines is 1. The lowest BCUT2D eigenvalue weighted by Crippen LogP contribution is -2.31. The minimum absolute atomic E-state index is 0.0879. The highest BCUT2D eigenvalue weighted by molar-refractivity contribution is 6.31. The second-order valence-electron chi connectivity index (χ2n) is 8.75. The van der Waals surface area contributed by atoms with Crippen molar-refractivity contribution in [3.63, 3.8) is 0 Å². The molecule has 1 N–H and O–H groups in total. The normalized spacial score (nSPS) is 15.2. The van der Waals surface area contributed by atoms with Gasteiger partial charge in [-0.15, -0.1) is 0 Å². The zero-order valence-electron chi connectivity index (χ0n) is 21.5. The monoisotopic (exact) mass is 569 g/mol. The largest absolute Gasteiger partial charge is 0.503 e. The van der Waals surface area contributed by atoms with Crippen molar-refractivity contribution in [1.82, 2.24) is 0 Å². The summed E-state index contributed by atoms with van der Waals surface area (Å²) in [5, 5.41) is 11.8. The van der Waals surface area contributed by atoms with E-state index in [-0.39, 0.29) is 35.0 Å². The van der Waals surface area contributed by atoms with Crippen LogP contribution in [0.5, 0.6) is 17.2 Å². The van der Waals surface area contributed by atoms with E-state index in [9.17, 15) is 23.5 Å². The molecule has 1 aromatic heterocycles. The summed E-state index contributed by atoms with van der Waals surface area (Å²) in [4.78, 5) is 28.3. The van der Waals surface area contributed by atoms with Crippen molar-refractivity contribution in [2.45, 2.75) is 13.0 Å². The Kier molecular flexibility index (Phi) is 7.12. The Morgan fingerprint density at radius 3 is 2.42 bits per heavy atom. The third kappa shape index (κ3) is 4.50. The number of furan rings is 1. The van der Waals surface area contributed by atoms with Gasteiger partial charge < -0.3 is 23.7 Å². The van der Waals surface area contributed by atoms with E-state index in [1.54, 1.807) is 31.2 Å². The second-order valence-corrected chi connectivity index (χ2v) is 9.18. The summed E-state index contributed by atoms with van der Waals surface area (Å²) in [6.07, 6.45) is 0. The fraction of sp³-hybridized carbons (Fsp3) is 0.172. The van der Waals surface area contributed by atoms with Crippen LogP contribution in [0.25, 0.3) is 11.0 Å². The van der Waals surface area contributed by atoms with Crippen LogP contribution in [0.3, 0.4) is 0 Å². The van der Waals surface area contributed by atoms with Crippen LogP contribution >= 0.6 is 11.6 Å². The van der Waals surface area contributed by atoms with Crippen molar-refractivity contribution in [2.75, 3.05) is 25.7 Å². The molecule has 0 spiro atoms. The van der Waals surface area contributed by atoms with Crippen molar-refractivity contribution in [3.8, 4) is 17.2 Å². The van der Waals surface area contributed by atoms with Crippen LogP contribution in [0.4, 0.5) is 14.5 Å². The molecule has 0 saturated carbocycles. The second kappa shape index (κ2) is 10.5. The summed E-state index contributed by atoms with van der Waals surface area (Å²) in [7, 11) is 2.86. The first-order valence-corrected chi connectivity index (χ1v) is 12.4. The fourth-order valence-corrected chi connectivity index (χ4v) is 4.88. The molecule has 1 aliphatic heterocycles. The zero-order valence-corrected chi connectivity index (χ0v) is 22.2. The van der Waals surface area contributed by atoms with E-state index < -0.39 is 35.1 Å². The van der Waals surface area contributed by atoms with Crippen LogP contribution in [0.2, 0.25) is 5.02 Å². The maximum absolute atomic E-state index is 14.3. The van der Waals surface area contributed by atoms with Gasteiger partial charge >= 0.3 is 0 Å². The molecular formula is C29H22ClF2NO7. The van der Waals surface area contributed by atoms with E-state index >= 15 is 0 Å². The minimum atomic E-state index is -1.27. The number of aliphatic hydroxyl groups is 1. The molecule has 1 unspecified atom stereocenters. The van der Waals surface area contributed by atoms with Crippen molar-refractivity contribution in [1.29, 1.82) is 0 Å². The Balaban J connectivity index is 1.70. The lowest BCUT2D eigenvalue weighted by atomic mass is 9.94. The summed E-state index contributed by atoms with van der Waals surface area (Å²) >= 11 is 6.15. The van der Waals surface area contributed by atoms with Gasteiger partial charge in [0, 0.05) is 28.2 Å². The third-order valence-corrected chi connectivity index (χ3v) is 6.65. The van der Waals surface area contributed by atoms with Gasteiger partial charge in [-0.1, -0.05) is 17.7 Å². The molecule has 1 atom stereocenters. The lowest BCUT2D eigenvalue weighted by molar-refractivity contribution is -0.117. The number of fused-ring (bicyclic) bond motifs is 1. The molecule has 40 heavy (non-hydrogen) atoms. The maximum Gasteiger partial charge on any atom is 0.294 e. The minimum Gasteiger partial charge on any atom is -0.503 e. The molecule has 0 bridgehead atoms. The van der Waals surface area contributed by atoms with Gasteiger partial charge in [0.15, 0.2) is 46.0 Å². The SMILES string of the molecule is CCOc1cc(C2C(C(=O)c3cc4cc(Cl)cc(OC)c4o3)=C(O)C(=O)N2c2ccc(F)c(F)c2)ccc1OC. The summed E-state index contributed by atoms with van der Waals surface area (Å²) in [6.45, 7) is 2.05. The number of hydrogen-bond donors (Lipinski definition) is 1. The molecule has 0 radical (unpaired) electrons.